The van der Waals surface area contributed by atoms with Crippen molar-refractivity contribution in [1.29, 1.82) is 0 Å². The number of thioether (sulfide) groups is 1. The number of ether oxygens (including phenoxy) is 1. The van der Waals surface area contributed by atoms with Gasteiger partial charge in [0.1, 0.15) is 11.0 Å². The smallest absolute Gasteiger partial charge is 0.240 e. The van der Waals surface area contributed by atoms with Crippen LogP contribution in [0.2, 0.25) is 0 Å². The fourth-order valence-corrected chi connectivity index (χ4v) is 3.29. The van der Waals surface area contributed by atoms with Crippen molar-refractivity contribution in [3.8, 4) is 5.75 Å². The van der Waals surface area contributed by atoms with Crippen molar-refractivity contribution in [2.45, 2.75) is 43.9 Å². The summed E-state index contributed by atoms with van der Waals surface area (Å²) < 4.78 is 5.63. The number of benzene rings is 1. The monoisotopic (exact) mass is 347 g/mol. The molecule has 1 aliphatic heterocycles. The van der Waals surface area contributed by atoms with Gasteiger partial charge in [0.05, 0.1) is 18.3 Å². The number of aliphatic imine (C=N–C) groups is 1. The molecule has 3 rings (SSSR count). The van der Waals surface area contributed by atoms with Gasteiger partial charge in [0.25, 0.3) is 0 Å². The quantitative estimate of drug-likeness (QED) is 0.794. The molecular formula is C17H21N3O3S. The van der Waals surface area contributed by atoms with Crippen molar-refractivity contribution in [3.63, 3.8) is 0 Å². The second kappa shape index (κ2) is 7.70. The van der Waals surface area contributed by atoms with E-state index in [9.17, 15) is 9.59 Å². The van der Waals surface area contributed by atoms with Gasteiger partial charge in [0, 0.05) is 6.42 Å². The third-order valence-corrected chi connectivity index (χ3v) is 4.71. The first kappa shape index (κ1) is 16.8. The third kappa shape index (κ3) is 4.50. The van der Waals surface area contributed by atoms with Crippen LogP contribution in [0.1, 0.15) is 32.6 Å². The van der Waals surface area contributed by atoms with E-state index < -0.39 is 5.25 Å². The predicted molar refractivity (Wildman–Crippen MR) is 95.5 cm³/mol. The molecule has 1 aromatic carbocycles. The van der Waals surface area contributed by atoms with Gasteiger partial charge in [-0.25, -0.2) is 0 Å². The highest BCUT2D eigenvalue weighted by molar-refractivity contribution is 8.15. The Morgan fingerprint density at radius 3 is 2.96 bits per heavy atom. The van der Waals surface area contributed by atoms with Crippen molar-refractivity contribution in [1.82, 2.24) is 5.32 Å². The number of amidine groups is 1. The molecule has 2 N–H and O–H groups in total. The number of para-hydroxylation sites is 2. The Morgan fingerprint density at radius 1 is 1.42 bits per heavy atom. The van der Waals surface area contributed by atoms with E-state index >= 15 is 0 Å². The zero-order chi connectivity index (χ0) is 16.9. The predicted octanol–water partition coefficient (Wildman–Crippen LogP) is 2.55. The van der Waals surface area contributed by atoms with Gasteiger partial charge in [-0.05, 0) is 31.4 Å². The Hall–Kier alpha value is -2.02. The van der Waals surface area contributed by atoms with Crippen LogP contribution in [0.15, 0.2) is 29.3 Å². The van der Waals surface area contributed by atoms with Gasteiger partial charge in [-0.2, -0.15) is 0 Å². The van der Waals surface area contributed by atoms with Crippen molar-refractivity contribution >= 4 is 34.4 Å². The molecule has 1 aromatic rings. The van der Waals surface area contributed by atoms with Crippen LogP contribution in [0.3, 0.4) is 0 Å². The highest BCUT2D eigenvalue weighted by Gasteiger charge is 2.33. The molecule has 128 valence electrons. The fraction of sp³-hybridized carbons (Fsp3) is 0.471. The number of hydrogen-bond acceptors (Lipinski definition) is 5. The molecule has 1 aliphatic carbocycles. The molecule has 0 aromatic heterocycles. The summed E-state index contributed by atoms with van der Waals surface area (Å²) in [5.74, 6) is 0.292. The van der Waals surface area contributed by atoms with E-state index in [1.807, 2.05) is 25.1 Å². The van der Waals surface area contributed by atoms with Gasteiger partial charge in [-0.15, -0.1) is 0 Å². The first-order chi connectivity index (χ1) is 11.7. The molecule has 1 atom stereocenters. The number of nitrogens with zero attached hydrogens (tertiary/aromatic N) is 1. The van der Waals surface area contributed by atoms with Crippen LogP contribution >= 0.6 is 11.8 Å². The average Bonchev–Trinajstić information content (AvgIpc) is 3.30. The number of nitrogens with one attached hydrogen (secondary N) is 2. The summed E-state index contributed by atoms with van der Waals surface area (Å²) in [4.78, 5) is 28.7. The number of carbonyl (C=O) groups is 2. The SMILES string of the molecule is CCCOc1ccccc1NC(=O)C[C@H]1SC(=NC2CC2)NC1=O. The third-order valence-electron chi connectivity index (χ3n) is 3.62. The summed E-state index contributed by atoms with van der Waals surface area (Å²) in [7, 11) is 0. The molecule has 0 bridgehead atoms. The second-order valence-corrected chi connectivity index (χ2v) is 7.05. The number of carbonyl (C=O) groups excluding carboxylic acids is 2. The number of rotatable bonds is 7. The van der Waals surface area contributed by atoms with E-state index in [-0.39, 0.29) is 18.2 Å². The van der Waals surface area contributed by atoms with Crippen LogP contribution < -0.4 is 15.4 Å². The lowest BCUT2D eigenvalue weighted by Gasteiger charge is -2.12. The Labute approximate surface area is 145 Å². The maximum atomic E-state index is 12.3. The van der Waals surface area contributed by atoms with Crippen molar-refractivity contribution in [3.05, 3.63) is 24.3 Å². The minimum atomic E-state index is -0.425. The van der Waals surface area contributed by atoms with E-state index in [0.717, 1.165) is 19.3 Å². The molecule has 0 spiro atoms. The second-order valence-electron chi connectivity index (χ2n) is 5.86. The molecule has 1 saturated carbocycles. The van der Waals surface area contributed by atoms with Crippen molar-refractivity contribution in [2.24, 2.45) is 4.99 Å². The lowest BCUT2D eigenvalue weighted by Crippen LogP contribution is -2.28. The summed E-state index contributed by atoms with van der Waals surface area (Å²) in [6.45, 7) is 2.62. The molecule has 2 amide bonds. The summed E-state index contributed by atoms with van der Waals surface area (Å²) in [5.41, 5.74) is 0.631. The lowest BCUT2D eigenvalue weighted by atomic mass is 10.2. The Bertz CT molecular complexity index is 658. The molecule has 24 heavy (non-hydrogen) atoms. The highest BCUT2D eigenvalue weighted by Crippen LogP contribution is 2.29. The molecule has 0 unspecified atom stereocenters. The molecule has 1 heterocycles. The first-order valence-electron chi connectivity index (χ1n) is 8.22. The van der Waals surface area contributed by atoms with E-state index in [2.05, 4.69) is 15.6 Å². The van der Waals surface area contributed by atoms with Crippen LogP contribution in [0.25, 0.3) is 0 Å². The topological polar surface area (TPSA) is 79.8 Å². The Kier molecular flexibility index (Phi) is 5.40. The minimum absolute atomic E-state index is 0.113. The van der Waals surface area contributed by atoms with Gasteiger partial charge < -0.3 is 15.4 Å². The lowest BCUT2D eigenvalue weighted by molar-refractivity contribution is -0.122. The van der Waals surface area contributed by atoms with Gasteiger partial charge in [0.15, 0.2) is 5.17 Å². The van der Waals surface area contributed by atoms with Gasteiger partial charge in [-0.1, -0.05) is 30.8 Å². The number of amides is 2. The zero-order valence-corrected chi connectivity index (χ0v) is 14.4. The molecular weight excluding hydrogens is 326 g/mol. The standard InChI is InChI=1S/C17H21N3O3S/c1-2-9-23-13-6-4-3-5-12(13)19-15(21)10-14-16(22)20-17(24-14)18-11-7-8-11/h3-6,11,14H,2,7-10H2,1H3,(H,19,21)(H,18,20,22)/t14-/m1/s1. The molecule has 7 heteroatoms. The zero-order valence-electron chi connectivity index (χ0n) is 13.6. The van der Waals surface area contributed by atoms with Crippen molar-refractivity contribution < 1.29 is 14.3 Å². The molecule has 1 saturated heterocycles. The van der Waals surface area contributed by atoms with E-state index in [1.54, 1.807) is 6.07 Å². The highest BCUT2D eigenvalue weighted by atomic mass is 32.2. The van der Waals surface area contributed by atoms with Gasteiger partial charge >= 0.3 is 0 Å². The molecule has 2 aliphatic rings. The maximum absolute atomic E-state index is 12.3. The normalized spacial score (nSPS) is 21.6. The summed E-state index contributed by atoms with van der Waals surface area (Å²) in [6, 6.07) is 7.67. The van der Waals surface area contributed by atoms with Crippen LogP contribution in [-0.4, -0.2) is 34.9 Å². The first-order valence-corrected chi connectivity index (χ1v) is 9.10. The van der Waals surface area contributed by atoms with E-state index in [0.29, 0.717) is 29.3 Å². The molecule has 0 radical (unpaired) electrons. The van der Waals surface area contributed by atoms with Crippen LogP contribution in [0, 0.1) is 0 Å². The number of hydrogen-bond donors (Lipinski definition) is 2. The molecule has 6 nitrogen and oxygen atoms in total. The van der Waals surface area contributed by atoms with Crippen LogP contribution in [0.5, 0.6) is 5.75 Å². The summed E-state index contributed by atoms with van der Waals surface area (Å²) in [6.07, 6.45) is 3.17. The Balaban J connectivity index is 1.57. The van der Waals surface area contributed by atoms with Gasteiger partial charge in [0.2, 0.25) is 11.8 Å². The van der Waals surface area contributed by atoms with E-state index in [4.69, 9.17) is 4.74 Å². The average molecular weight is 347 g/mol. The summed E-state index contributed by atoms with van der Waals surface area (Å²) >= 11 is 1.34. The fourth-order valence-electron chi connectivity index (χ4n) is 2.25. The Morgan fingerprint density at radius 2 is 2.21 bits per heavy atom. The van der Waals surface area contributed by atoms with Crippen LogP contribution in [0.4, 0.5) is 5.69 Å². The largest absolute Gasteiger partial charge is 0.491 e. The van der Waals surface area contributed by atoms with Crippen molar-refractivity contribution in [2.75, 3.05) is 11.9 Å². The minimum Gasteiger partial charge on any atom is -0.491 e. The van der Waals surface area contributed by atoms with E-state index in [1.165, 1.54) is 11.8 Å². The van der Waals surface area contributed by atoms with Crippen LogP contribution in [-0.2, 0) is 9.59 Å². The van der Waals surface area contributed by atoms with Gasteiger partial charge in [-0.3, -0.25) is 14.6 Å². The maximum Gasteiger partial charge on any atom is 0.240 e. The number of anilines is 1. The summed E-state index contributed by atoms with van der Waals surface area (Å²) in [5, 5.41) is 5.81. The molecule has 2 fully saturated rings.